The van der Waals surface area contributed by atoms with Crippen LogP contribution in [0.4, 0.5) is 0 Å². The molecule has 1 aromatic rings. The van der Waals surface area contributed by atoms with Gasteiger partial charge in [-0.1, -0.05) is 0 Å². The quantitative estimate of drug-likeness (QED) is 0.774. The minimum absolute atomic E-state index is 0.137. The number of fused-ring (bicyclic) bond motifs is 2. The minimum Gasteiger partial charge on any atom is -0.300 e. The Morgan fingerprint density at radius 1 is 1.21 bits per heavy atom. The van der Waals surface area contributed by atoms with Crippen molar-refractivity contribution in [1.29, 1.82) is 0 Å². The van der Waals surface area contributed by atoms with E-state index in [-0.39, 0.29) is 6.04 Å². The zero-order valence-corrected chi connectivity index (χ0v) is 12.4. The molecule has 2 aliphatic rings. The second-order valence-electron chi connectivity index (χ2n) is 5.48. The Balaban J connectivity index is 2.03. The summed E-state index contributed by atoms with van der Waals surface area (Å²) in [5, 5.41) is 4.23. The SMILES string of the molecule is Cc1nn(C)c(C)c1S(=O)(=O)N1CCN2CCC1C2. The van der Waals surface area contributed by atoms with Gasteiger partial charge in [-0.25, -0.2) is 8.42 Å². The molecule has 0 radical (unpaired) electrons. The molecule has 19 heavy (non-hydrogen) atoms. The fraction of sp³-hybridized carbons (Fsp3) is 0.750. The average Bonchev–Trinajstić information content (AvgIpc) is 2.81. The van der Waals surface area contributed by atoms with Gasteiger partial charge in [-0.15, -0.1) is 0 Å². The summed E-state index contributed by atoms with van der Waals surface area (Å²) in [7, 11) is -1.63. The molecule has 2 atom stereocenters. The van der Waals surface area contributed by atoms with Crippen molar-refractivity contribution in [2.24, 2.45) is 7.05 Å². The molecule has 3 rings (SSSR count). The van der Waals surface area contributed by atoms with E-state index in [0.29, 0.717) is 17.1 Å². The first-order chi connectivity index (χ1) is 8.91. The van der Waals surface area contributed by atoms with E-state index in [1.54, 1.807) is 23.0 Å². The molecule has 0 amide bonds. The van der Waals surface area contributed by atoms with E-state index in [0.717, 1.165) is 31.7 Å². The van der Waals surface area contributed by atoms with Gasteiger partial charge in [0.25, 0.3) is 0 Å². The molecule has 2 fully saturated rings. The third kappa shape index (κ3) is 1.91. The molecular weight excluding hydrogens is 264 g/mol. The zero-order chi connectivity index (χ0) is 13.8. The summed E-state index contributed by atoms with van der Waals surface area (Å²) in [5.74, 6) is 0. The van der Waals surface area contributed by atoms with Gasteiger partial charge in [0, 0.05) is 32.7 Å². The normalized spacial score (nSPS) is 27.9. The summed E-state index contributed by atoms with van der Waals surface area (Å²) in [6, 6.07) is 0.137. The van der Waals surface area contributed by atoms with Crippen LogP contribution >= 0.6 is 0 Å². The number of piperazine rings is 1. The van der Waals surface area contributed by atoms with E-state index < -0.39 is 10.0 Å². The van der Waals surface area contributed by atoms with Crippen LogP contribution in [0.5, 0.6) is 0 Å². The predicted octanol–water partition coefficient (Wildman–Crippen LogP) is 0.116. The summed E-state index contributed by atoms with van der Waals surface area (Å²) in [6.45, 7) is 6.91. The van der Waals surface area contributed by atoms with Gasteiger partial charge in [-0.2, -0.15) is 9.40 Å². The fourth-order valence-corrected chi connectivity index (χ4v) is 5.27. The first-order valence-corrected chi connectivity index (χ1v) is 8.09. The molecule has 3 heterocycles. The number of aromatic nitrogens is 2. The van der Waals surface area contributed by atoms with Gasteiger partial charge in [-0.3, -0.25) is 4.68 Å². The van der Waals surface area contributed by atoms with Crippen LogP contribution in [0, 0.1) is 13.8 Å². The van der Waals surface area contributed by atoms with E-state index in [1.165, 1.54) is 0 Å². The molecule has 106 valence electrons. The molecule has 2 bridgehead atoms. The predicted molar refractivity (Wildman–Crippen MR) is 71.4 cm³/mol. The second kappa shape index (κ2) is 4.29. The molecule has 2 saturated heterocycles. The molecule has 7 heteroatoms. The first-order valence-electron chi connectivity index (χ1n) is 6.65. The molecular formula is C12H20N4O2S. The lowest BCUT2D eigenvalue weighted by atomic mass is 10.2. The highest BCUT2D eigenvalue weighted by Crippen LogP contribution is 2.29. The van der Waals surface area contributed by atoms with Crippen LogP contribution in [0.15, 0.2) is 4.90 Å². The van der Waals surface area contributed by atoms with Gasteiger partial charge in [0.15, 0.2) is 0 Å². The topological polar surface area (TPSA) is 58.4 Å². The summed E-state index contributed by atoms with van der Waals surface area (Å²) < 4.78 is 29.1. The van der Waals surface area contributed by atoms with Crippen molar-refractivity contribution in [3.05, 3.63) is 11.4 Å². The molecule has 0 saturated carbocycles. The van der Waals surface area contributed by atoms with Crippen molar-refractivity contribution in [2.75, 3.05) is 26.2 Å². The molecule has 1 aromatic heterocycles. The standard InChI is InChI=1S/C12H20N4O2S/c1-9-12(10(2)14(3)13-9)19(17,18)16-7-6-15-5-4-11(16)8-15/h11H,4-8H2,1-3H3. The number of hydrogen-bond acceptors (Lipinski definition) is 4. The van der Waals surface area contributed by atoms with Crippen LogP contribution in [0.1, 0.15) is 17.8 Å². The third-order valence-electron chi connectivity index (χ3n) is 4.30. The van der Waals surface area contributed by atoms with Crippen molar-refractivity contribution in [3.8, 4) is 0 Å². The van der Waals surface area contributed by atoms with Crippen molar-refractivity contribution >= 4 is 10.0 Å². The molecule has 6 nitrogen and oxygen atoms in total. The average molecular weight is 284 g/mol. The van der Waals surface area contributed by atoms with E-state index in [1.807, 2.05) is 6.92 Å². The highest BCUT2D eigenvalue weighted by molar-refractivity contribution is 7.89. The van der Waals surface area contributed by atoms with Crippen LogP contribution in [0.3, 0.4) is 0 Å². The fourth-order valence-electron chi connectivity index (χ4n) is 3.23. The molecule has 0 aromatic carbocycles. The Morgan fingerprint density at radius 3 is 2.58 bits per heavy atom. The molecule has 2 unspecified atom stereocenters. The smallest absolute Gasteiger partial charge is 0.247 e. The van der Waals surface area contributed by atoms with E-state index in [9.17, 15) is 8.42 Å². The van der Waals surface area contributed by atoms with Crippen LogP contribution in [-0.2, 0) is 17.1 Å². The number of sulfonamides is 1. The largest absolute Gasteiger partial charge is 0.300 e. The van der Waals surface area contributed by atoms with Gasteiger partial charge >= 0.3 is 0 Å². The van der Waals surface area contributed by atoms with E-state index in [4.69, 9.17) is 0 Å². The van der Waals surface area contributed by atoms with Crippen LogP contribution in [0.25, 0.3) is 0 Å². The van der Waals surface area contributed by atoms with Gasteiger partial charge < -0.3 is 4.90 Å². The summed E-state index contributed by atoms with van der Waals surface area (Å²) >= 11 is 0. The van der Waals surface area contributed by atoms with E-state index in [2.05, 4.69) is 10.00 Å². The van der Waals surface area contributed by atoms with Gasteiger partial charge in [-0.05, 0) is 26.8 Å². The van der Waals surface area contributed by atoms with Crippen molar-refractivity contribution in [1.82, 2.24) is 19.0 Å². The number of rotatable bonds is 2. The Hall–Kier alpha value is -0.920. The molecule has 0 aliphatic carbocycles. The lowest BCUT2D eigenvalue weighted by molar-refractivity contribution is 0.213. The van der Waals surface area contributed by atoms with Gasteiger partial charge in [0.05, 0.1) is 11.4 Å². The Labute approximate surface area is 114 Å². The highest BCUT2D eigenvalue weighted by atomic mass is 32.2. The van der Waals surface area contributed by atoms with Crippen molar-refractivity contribution < 1.29 is 8.42 Å². The summed E-state index contributed by atoms with van der Waals surface area (Å²) in [6.07, 6.45) is 0.942. The van der Waals surface area contributed by atoms with E-state index >= 15 is 0 Å². The Bertz CT molecular complexity index is 607. The maximum absolute atomic E-state index is 12.9. The van der Waals surface area contributed by atoms with Crippen LogP contribution in [-0.4, -0.2) is 59.6 Å². The lowest BCUT2D eigenvalue weighted by Gasteiger charge is -2.33. The summed E-state index contributed by atoms with van der Waals surface area (Å²) in [4.78, 5) is 2.73. The Kier molecular flexibility index (Phi) is 2.95. The van der Waals surface area contributed by atoms with Crippen molar-refractivity contribution in [3.63, 3.8) is 0 Å². The number of hydrogen-bond donors (Lipinski definition) is 0. The first kappa shape index (κ1) is 13.1. The summed E-state index contributed by atoms with van der Waals surface area (Å²) in [5.41, 5.74) is 1.32. The maximum atomic E-state index is 12.9. The molecule has 0 N–H and O–H groups in total. The number of nitrogens with zero attached hydrogens (tertiary/aromatic N) is 4. The third-order valence-corrected chi connectivity index (χ3v) is 6.51. The maximum Gasteiger partial charge on any atom is 0.247 e. The molecule has 0 spiro atoms. The van der Waals surface area contributed by atoms with Crippen LogP contribution in [0.2, 0.25) is 0 Å². The second-order valence-corrected chi connectivity index (χ2v) is 7.31. The van der Waals surface area contributed by atoms with Gasteiger partial charge in [0.2, 0.25) is 10.0 Å². The number of aryl methyl sites for hydroxylation is 2. The minimum atomic E-state index is -3.41. The Morgan fingerprint density at radius 2 is 1.95 bits per heavy atom. The van der Waals surface area contributed by atoms with Crippen molar-refractivity contribution in [2.45, 2.75) is 31.2 Å². The highest BCUT2D eigenvalue weighted by Gasteiger charge is 2.41. The van der Waals surface area contributed by atoms with Crippen LogP contribution < -0.4 is 0 Å². The zero-order valence-electron chi connectivity index (χ0n) is 11.6. The lowest BCUT2D eigenvalue weighted by Crippen LogP contribution is -2.49. The van der Waals surface area contributed by atoms with Gasteiger partial charge in [0.1, 0.15) is 4.90 Å². The monoisotopic (exact) mass is 284 g/mol. The molecule has 2 aliphatic heterocycles.